The molecule has 0 unspecified atom stereocenters. The largest absolute Gasteiger partial charge is 0.482 e. The molecule has 0 spiro atoms. The number of carbonyl (C=O) groups excluding carboxylic acids is 1. The molecule has 4 nitrogen and oxygen atoms in total. The third kappa shape index (κ3) is 4.93. The summed E-state index contributed by atoms with van der Waals surface area (Å²) < 4.78 is 41.3. The van der Waals surface area contributed by atoms with Gasteiger partial charge in [-0.1, -0.05) is 26.0 Å². The number of amides is 1. The Balaban J connectivity index is 2.87. The molecule has 1 rings (SSSR count). The van der Waals surface area contributed by atoms with E-state index in [1.807, 2.05) is 0 Å². The second kappa shape index (κ2) is 6.80. The van der Waals surface area contributed by atoms with Gasteiger partial charge in [0.2, 0.25) is 5.91 Å². The number of carbonyl (C=O) groups is 1. The zero-order valence-corrected chi connectivity index (χ0v) is 12.0. The summed E-state index contributed by atoms with van der Waals surface area (Å²) in [6.07, 6.45) is -3.61. The zero-order valence-electron chi connectivity index (χ0n) is 12.0. The summed E-state index contributed by atoms with van der Waals surface area (Å²) in [6, 6.07) is 5.94. The third-order valence-electron chi connectivity index (χ3n) is 3.24. The first kappa shape index (κ1) is 17.3. The van der Waals surface area contributed by atoms with E-state index in [0.717, 1.165) is 0 Å². The summed E-state index contributed by atoms with van der Waals surface area (Å²) in [5.74, 6) is -0.492. The van der Waals surface area contributed by atoms with Crippen LogP contribution in [0.5, 0.6) is 5.75 Å². The van der Waals surface area contributed by atoms with Crippen LogP contribution in [-0.4, -0.2) is 24.2 Å². The van der Waals surface area contributed by atoms with Gasteiger partial charge in [-0.15, -0.1) is 0 Å². The van der Waals surface area contributed by atoms with E-state index < -0.39 is 24.2 Å². The van der Waals surface area contributed by atoms with Crippen LogP contribution in [0.3, 0.4) is 0 Å². The Kier molecular flexibility index (Phi) is 5.60. The summed E-state index contributed by atoms with van der Waals surface area (Å²) in [5, 5.41) is 2.53. The van der Waals surface area contributed by atoms with Gasteiger partial charge in [-0.25, -0.2) is 0 Å². The topological polar surface area (TPSA) is 64.4 Å². The van der Waals surface area contributed by atoms with Crippen LogP contribution in [0.2, 0.25) is 0 Å². The minimum Gasteiger partial charge on any atom is -0.482 e. The number of hydrogen-bond acceptors (Lipinski definition) is 3. The minimum atomic E-state index is -4.44. The van der Waals surface area contributed by atoms with Crippen LogP contribution in [0.15, 0.2) is 24.3 Å². The van der Waals surface area contributed by atoms with Crippen LogP contribution < -0.4 is 15.8 Å². The van der Waals surface area contributed by atoms with Crippen LogP contribution in [0.4, 0.5) is 18.9 Å². The summed E-state index contributed by atoms with van der Waals surface area (Å²) in [4.78, 5) is 12.1. The van der Waals surface area contributed by atoms with E-state index in [4.69, 9.17) is 10.5 Å². The van der Waals surface area contributed by atoms with Crippen LogP contribution in [0, 0.1) is 0 Å². The Morgan fingerprint density at radius 1 is 1.24 bits per heavy atom. The van der Waals surface area contributed by atoms with Crippen molar-refractivity contribution in [3.63, 3.8) is 0 Å². The van der Waals surface area contributed by atoms with Crippen LogP contribution in [0.25, 0.3) is 0 Å². The van der Waals surface area contributed by atoms with Crippen molar-refractivity contribution in [2.24, 2.45) is 5.73 Å². The second-order valence-electron chi connectivity index (χ2n) is 4.72. The van der Waals surface area contributed by atoms with Crippen molar-refractivity contribution in [1.29, 1.82) is 0 Å². The maximum absolute atomic E-state index is 12.2. The van der Waals surface area contributed by atoms with Gasteiger partial charge in [0.05, 0.1) is 11.2 Å². The molecule has 0 bridgehead atoms. The highest BCUT2D eigenvalue weighted by molar-refractivity contribution is 5.98. The van der Waals surface area contributed by atoms with E-state index in [0.29, 0.717) is 12.8 Å². The monoisotopic (exact) mass is 304 g/mol. The van der Waals surface area contributed by atoms with Gasteiger partial charge in [0.15, 0.2) is 6.61 Å². The molecule has 7 heteroatoms. The highest BCUT2D eigenvalue weighted by atomic mass is 19.4. The van der Waals surface area contributed by atoms with Crippen LogP contribution >= 0.6 is 0 Å². The number of benzene rings is 1. The molecule has 0 aliphatic rings. The molecule has 0 aliphatic carbocycles. The van der Waals surface area contributed by atoms with Crippen LogP contribution in [0.1, 0.15) is 26.7 Å². The molecule has 0 aliphatic heterocycles. The number of nitrogens with one attached hydrogen (secondary N) is 1. The molecule has 0 aromatic heterocycles. The van der Waals surface area contributed by atoms with E-state index in [1.165, 1.54) is 18.2 Å². The molecule has 1 aromatic carbocycles. The first-order chi connectivity index (χ1) is 9.72. The number of para-hydroxylation sites is 2. The van der Waals surface area contributed by atoms with Crippen molar-refractivity contribution in [3.8, 4) is 5.75 Å². The lowest BCUT2D eigenvalue weighted by molar-refractivity contribution is -0.153. The van der Waals surface area contributed by atoms with Crippen molar-refractivity contribution in [1.82, 2.24) is 0 Å². The molecule has 0 fully saturated rings. The van der Waals surface area contributed by atoms with Crippen molar-refractivity contribution in [2.75, 3.05) is 11.9 Å². The predicted molar refractivity (Wildman–Crippen MR) is 74.1 cm³/mol. The molecule has 0 radical (unpaired) electrons. The number of alkyl halides is 3. The quantitative estimate of drug-likeness (QED) is 0.849. The lowest BCUT2D eigenvalue weighted by Gasteiger charge is -2.25. The summed E-state index contributed by atoms with van der Waals surface area (Å²) in [6.45, 7) is 2.12. The standard InChI is InChI=1S/C14H19F3N2O2/c1-3-13(18,4-2)12(20)19-10-7-5-6-8-11(10)21-9-14(15,16)17/h5-8H,3-4,9,18H2,1-2H3,(H,19,20). The number of halogens is 3. The lowest BCUT2D eigenvalue weighted by atomic mass is 9.93. The Hall–Kier alpha value is -1.76. The smallest absolute Gasteiger partial charge is 0.422 e. The van der Waals surface area contributed by atoms with Crippen molar-refractivity contribution in [3.05, 3.63) is 24.3 Å². The van der Waals surface area contributed by atoms with E-state index in [2.05, 4.69) is 5.32 Å². The number of hydrogen-bond donors (Lipinski definition) is 2. The summed E-state index contributed by atoms with van der Waals surface area (Å²) in [5.41, 5.74) is 5.06. The van der Waals surface area contributed by atoms with Gasteiger partial charge in [0, 0.05) is 0 Å². The Bertz CT molecular complexity index is 485. The maximum Gasteiger partial charge on any atom is 0.422 e. The van der Waals surface area contributed by atoms with Gasteiger partial charge >= 0.3 is 6.18 Å². The second-order valence-corrected chi connectivity index (χ2v) is 4.72. The minimum absolute atomic E-state index is 0.0438. The molecule has 0 atom stereocenters. The van der Waals surface area contributed by atoms with Crippen LogP contribution in [-0.2, 0) is 4.79 Å². The van der Waals surface area contributed by atoms with Gasteiger partial charge in [0.25, 0.3) is 0 Å². The summed E-state index contributed by atoms with van der Waals surface area (Å²) in [7, 11) is 0. The van der Waals surface area contributed by atoms with Crippen molar-refractivity contribution >= 4 is 11.6 Å². The Morgan fingerprint density at radius 2 is 1.81 bits per heavy atom. The van der Waals surface area contributed by atoms with E-state index in [-0.39, 0.29) is 11.4 Å². The predicted octanol–water partition coefficient (Wildman–Crippen LogP) is 3.08. The maximum atomic E-state index is 12.2. The normalized spacial score (nSPS) is 12.1. The van der Waals surface area contributed by atoms with Gasteiger partial charge in [-0.2, -0.15) is 13.2 Å². The van der Waals surface area contributed by atoms with Crippen molar-refractivity contribution in [2.45, 2.75) is 38.4 Å². The summed E-state index contributed by atoms with van der Waals surface area (Å²) >= 11 is 0. The van der Waals surface area contributed by atoms with Gasteiger partial charge in [0.1, 0.15) is 5.75 Å². The number of rotatable bonds is 6. The molecule has 21 heavy (non-hydrogen) atoms. The third-order valence-corrected chi connectivity index (χ3v) is 3.24. The highest BCUT2D eigenvalue weighted by Gasteiger charge is 2.31. The average Bonchev–Trinajstić information content (AvgIpc) is 2.44. The molecule has 0 saturated heterocycles. The Morgan fingerprint density at radius 3 is 2.33 bits per heavy atom. The van der Waals surface area contributed by atoms with Crippen molar-refractivity contribution < 1.29 is 22.7 Å². The number of ether oxygens (including phenoxy) is 1. The average molecular weight is 304 g/mol. The molecule has 0 saturated carbocycles. The lowest BCUT2D eigenvalue weighted by Crippen LogP contribution is -2.50. The Labute approximate surface area is 121 Å². The molecular formula is C14H19F3N2O2. The molecule has 3 N–H and O–H groups in total. The molecular weight excluding hydrogens is 285 g/mol. The fourth-order valence-corrected chi connectivity index (χ4v) is 1.67. The van der Waals surface area contributed by atoms with E-state index >= 15 is 0 Å². The SMILES string of the molecule is CCC(N)(CC)C(=O)Nc1ccccc1OCC(F)(F)F. The van der Waals surface area contributed by atoms with Gasteiger partial charge in [-0.05, 0) is 25.0 Å². The number of anilines is 1. The van der Waals surface area contributed by atoms with E-state index in [9.17, 15) is 18.0 Å². The zero-order chi connectivity index (χ0) is 16.1. The van der Waals surface area contributed by atoms with Gasteiger partial charge < -0.3 is 15.8 Å². The molecule has 1 amide bonds. The first-order valence-electron chi connectivity index (χ1n) is 6.60. The fourth-order valence-electron chi connectivity index (χ4n) is 1.67. The molecule has 0 heterocycles. The number of nitrogens with two attached hydrogens (primary N) is 1. The van der Waals surface area contributed by atoms with Gasteiger partial charge in [-0.3, -0.25) is 4.79 Å². The highest BCUT2D eigenvalue weighted by Crippen LogP contribution is 2.27. The molecule has 118 valence electrons. The molecule has 1 aromatic rings. The first-order valence-corrected chi connectivity index (χ1v) is 6.60. The van der Waals surface area contributed by atoms with E-state index in [1.54, 1.807) is 19.9 Å². The fraction of sp³-hybridized carbons (Fsp3) is 0.500.